The standard InChI is InChI=1S/C15H31N3/c1-4-15(6-5-7-16-15)13-18-10-8-17(9-11-18)12-14(2)3/h14,16H,4-13H2,1-3H3. The summed E-state index contributed by atoms with van der Waals surface area (Å²) in [5.74, 6) is 0.801. The molecule has 2 fully saturated rings. The molecule has 3 heteroatoms. The minimum Gasteiger partial charge on any atom is -0.310 e. The van der Waals surface area contributed by atoms with Crippen LogP contribution in [0.4, 0.5) is 0 Å². The van der Waals surface area contributed by atoms with E-state index in [1.165, 1.54) is 65.1 Å². The fraction of sp³-hybridized carbons (Fsp3) is 1.00. The van der Waals surface area contributed by atoms with Crippen molar-refractivity contribution in [3.8, 4) is 0 Å². The maximum atomic E-state index is 3.76. The summed E-state index contributed by atoms with van der Waals surface area (Å²) in [6, 6.07) is 0. The Labute approximate surface area is 113 Å². The summed E-state index contributed by atoms with van der Waals surface area (Å²) in [5, 5.41) is 3.76. The third kappa shape index (κ3) is 3.69. The van der Waals surface area contributed by atoms with Crippen LogP contribution in [0.5, 0.6) is 0 Å². The Hall–Kier alpha value is -0.120. The average molecular weight is 253 g/mol. The maximum Gasteiger partial charge on any atom is 0.0306 e. The molecule has 3 nitrogen and oxygen atoms in total. The SMILES string of the molecule is CCC1(CN2CCN(CC(C)C)CC2)CCCN1. The van der Waals surface area contributed by atoms with Crippen LogP contribution in [-0.4, -0.2) is 61.2 Å². The Morgan fingerprint density at radius 2 is 1.78 bits per heavy atom. The first-order valence-electron chi connectivity index (χ1n) is 7.83. The summed E-state index contributed by atoms with van der Waals surface area (Å²) in [6.45, 7) is 15.8. The molecule has 106 valence electrons. The van der Waals surface area contributed by atoms with Crippen molar-refractivity contribution in [1.82, 2.24) is 15.1 Å². The summed E-state index contributed by atoms with van der Waals surface area (Å²) < 4.78 is 0. The van der Waals surface area contributed by atoms with Crippen LogP contribution in [0.25, 0.3) is 0 Å². The molecule has 2 heterocycles. The van der Waals surface area contributed by atoms with Gasteiger partial charge in [0.2, 0.25) is 0 Å². The molecular formula is C15H31N3. The molecule has 0 bridgehead atoms. The van der Waals surface area contributed by atoms with Gasteiger partial charge in [-0.1, -0.05) is 20.8 Å². The van der Waals surface area contributed by atoms with Crippen molar-refractivity contribution in [3.05, 3.63) is 0 Å². The van der Waals surface area contributed by atoms with E-state index < -0.39 is 0 Å². The molecule has 0 amide bonds. The second-order valence-corrected chi connectivity index (χ2v) is 6.63. The molecular weight excluding hydrogens is 222 g/mol. The van der Waals surface area contributed by atoms with Gasteiger partial charge in [0.05, 0.1) is 0 Å². The molecule has 0 aromatic heterocycles. The third-order valence-corrected chi connectivity index (χ3v) is 4.62. The second kappa shape index (κ2) is 6.36. The Morgan fingerprint density at radius 1 is 1.11 bits per heavy atom. The molecule has 18 heavy (non-hydrogen) atoms. The molecule has 1 atom stereocenters. The zero-order valence-corrected chi connectivity index (χ0v) is 12.5. The van der Waals surface area contributed by atoms with Gasteiger partial charge in [-0.15, -0.1) is 0 Å². The molecule has 0 spiro atoms. The second-order valence-electron chi connectivity index (χ2n) is 6.63. The van der Waals surface area contributed by atoms with E-state index in [1.807, 2.05) is 0 Å². The largest absolute Gasteiger partial charge is 0.310 e. The number of hydrogen-bond donors (Lipinski definition) is 1. The Kier molecular flexibility index (Phi) is 5.05. The van der Waals surface area contributed by atoms with Gasteiger partial charge in [-0.2, -0.15) is 0 Å². The van der Waals surface area contributed by atoms with Crippen LogP contribution in [0.2, 0.25) is 0 Å². The zero-order chi connectivity index (χ0) is 13.0. The van der Waals surface area contributed by atoms with Crippen molar-refractivity contribution < 1.29 is 0 Å². The third-order valence-electron chi connectivity index (χ3n) is 4.62. The summed E-state index contributed by atoms with van der Waals surface area (Å²) >= 11 is 0. The molecule has 0 radical (unpaired) electrons. The highest BCUT2D eigenvalue weighted by molar-refractivity contribution is 4.95. The van der Waals surface area contributed by atoms with Gasteiger partial charge in [0.1, 0.15) is 0 Å². The van der Waals surface area contributed by atoms with Crippen LogP contribution in [0.1, 0.15) is 40.0 Å². The molecule has 0 saturated carbocycles. The number of nitrogens with zero attached hydrogens (tertiary/aromatic N) is 2. The van der Waals surface area contributed by atoms with E-state index in [0.717, 1.165) is 5.92 Å². The Balaban J connectivity index is 1.76. The Bertz CT molecular complexity index is 238. The molecule has 0 aromatic rings. The van der Waals surface area contributed by atoms with Crippen LogP contribution < -0.4 is 5.32 Å². The van der Waals surface area contributed by atoms with Gasteiger partial charge in [0, 0.05) is 44.8 Å². The van der Waals surface area contributed by atoms with Crippen molar-refractivity contribution in [2.45, 2.75) is 45.6 Å². The van der Waals surface area contributed by atoms with Gasteiger partial charge in [-0.25, -0.2) is 0 Å². The van der Waals surface area contributed by atoms with Crippen molar-refractivity contribution in [2.75, 3.05) is 45.8 Å². The predicted molar refractivity (Wildman–Crippen MR) is 78.0 cm³/mol. The molecule has 0 aromatic carbocycles. The number of nitrogens with one attached hydrogen (secondary N) is 1. The zero-order valence-electron chi connectivity index (χ0n) is 12.5. The molecule has 2 aliphatic heterocycles. The monoisotopic (exact) mass is 253 g/mol. The van der Waals surface area contributed by atoms with Gasteiger partial charge in [-0.3, -0.25) is 4.90 Å². The molecule has 0 aliphatic carbocycles. The minimum atomic E-state index is 0.431. The molecule has 2 rings (SSSR count). The van der Waals surface area contributed by atoms with Gasteiger partial charge in [-0.05, 0) is 31.7 Å². The fourth-order valence-corrected chi connectivity index (χ4v) is 3.49. The smallest absolute Gasteiger partial charge is 0.0306 e. The van der Waals surface area contributed by atoms with Gasteiger partial charge < -0.3 is 10.2 Å². The average Bonchev–Trinajstić information content (AvgIpc) is 2.80. The lowest BCUT2D eigenvalue weighted by Gasteiger charge is -2.40. The summed E-state index contributed by atoms with van der Waals surface area (Å²) in [5.41, 5.74) is 0.431. The molecule has 2 aliphatic rings. The normalized spacial score (nSPS) is 31.3. The van der Waals surface area contributed by atoms with Crippen LogP contribution >= 0.6 is 0 Å². The van der Waals surface area contributed by atoms with Crippen molar-refractivity contribution in [2.24, 2.45) is 5.92 Å². The van der Waals surface area contributed by atoms with Gasteiger partial charge in [0.15, 0.2) is 0 Å². The van der Waals surface area contributed by atoms with Gasteiger partial charge in [0.25, 0.3) is 0 Å². The Morgan fingerprint density at radius 3 is 2.28 bits per heavy atom. The topological polar surface area (TPSA) is 18.5 Å². The fourth-order valence-electron chi connectivity index (χ4n) is 3.49. The highest BCUT2D eigenvalue weighted by Gasteiger charge is 2.34. The van der Waals surface area contributed by atoms with Crippen LogP contribution in [0, 0.1) is 5.92 Å². The van der Waals surface area contributed by atoms with E-state index in [0.29, 0.717) is 5.54 Å². The van der Waals surface area contributed by atoms with Crippen LogP contribution in [-0.2, 0) is 0 Å². The lowest BCUT2D eigenvalue weighted by Crippen LogP contribution is -2.55. The first-order chi connectivity index (χ1) is 8.63. The first kappa shape index (κ1) is 14.3. The molecule has 1 unspecified atom stereocenters. The number of hydrogen-bond acceptors (Lipinski definition) is 3. The van der Waals surface area contributed by atoms with Crippen LogP contribution in [0.15, 0.2) is 0 Å². The van der Waals surface area contributed by atoms with Crippen LogP contribution in [0.3, 0.4) is 0 Å². The quantitative estimate of drug-likeness (QED) is 0.806. The maximum absolute atomic E-state index is 3.76. The first-order valence-corrected chi connectivity index (χ1v) is 7.83. The molecule has 2 saturated heterocycles. The van der Waals surface area contributed by atoms with E-state index in [4.69, 9.17) is 0 Å². The predicted octanol–water partition coefficient (Wildman–Crippen LogP) is 1.79. The van der Waals surface area contributed by atoms with E-state index >= 15 is 0 Å². The lowest BCUT2D eigenvalue weighted by molar-refractivity contribution is 0.0964. The van der Waals surface area contributed by atoms with E-state index in [1.54, 1.807) is 0 Å². The van der Waals surface area contributed by atoms with E-state index in [9.17, 15) is 0 Å². The summed E-state index contributed by atoms with van der Waals surface area (Å²) in [6.07, 6.45) is 4.01. The van der Waals surface area contributed by atoms with Crippen molar-refractivity contribution in [1.29, 1.82) is 0 Å². The number of rotatable bonds is 5. The van der Waals surface area contributed by atoms with Gasteiger partial charge >= 0.3 is 0 Å². The number of piperazine rings is 1. The lowest BCUT2D eigenvalue weighted by atomic mass is 9.93. The van der Waals surface area contributed by atoms with Crippen molar-refractivity contribution >= 4 is 0 Å². The minimum absolute atomic E-state index is 0.431. The van der Waals surface area contributed by atoms with E-state index in [2.05, 4.69) is 35.9 Å². The summed E-state index contributed by atoms with van der Waals surface area (Å²) in [7, 11) is 0. The highest BCUT2D eigenvalue weighted by Crippen LogP contribution is 2.24. The summed E-state index contributed by atoms with van der Waals surface area (Å²) in [4.78, 5) is 5.31. The van der Waals surface area contributed by atoms with Crippen molar-refractivity contribution in [3.63, 3.8) is 0 Å². The highest BCUT2D eigenvalue weighted by atomic mass is 15.3. The molecule has 1 N–H and O–H groups in total. The van der Waals surface area contributed by atoms with E-state index in [-0.39, 0.29) is 0 Å².